The maximum Gasteiger partial charge on any atom is 0.321 e. The minimum absolute atomic E-state index is 0.0530. The van der Waals surface area contributed by atoms with Crippen molar-refractivity contribution in [2.45, 2.75) is 40.2 Å². The van der Waals surface area contributed by atoms with E-state index < -0.39 is 0 Å². The molecular weight excluding hydrogens is 262 g/mol. The highest BCUT2D eigenvalue weighted by Crippen LogP contribution is 2.16. The van der Waals surface area contributed by atoms with Gasteiger partial charge in [-0.25, -0.2) is 4.79 Å². The highest BCUT2D eigenvalue weighted by atomic mass is 16.2. The Kier molecular flexibility index (Phi) is 7.23. The molecule has 0 aromatic heterocycles. The summed E-state index contributed by atoms with van der Waals surface area (Å²) in [6.45, 7) is 10.2. The van der Waals surface area contributed by atoms with Crippen molar-refractivity contribution in [2.75, 3.05) is 25.5 Å². The van der Waals surface area contributed by atoms with Gasteiger partial charge in [0.05, 0.1) is 0 Å². The number of rotatable bonds is 7. The van der Waals surface area contributed by atoms with Gasteiger partial charge in [-0.05, 0) is 37.1 Å². The highest BCUT2D eigenvalue weighted by molar-refractivity contribution is 5.89. The number of benzene rings is 1. The molecule has 2 unspecified atom stereocenters. The quantitative estimate of drug-likeness (QED) is 0.801. The molecule has 0 fully saturated rings. The molecule has 0 aliphatic carbocycles. The maximum atomic E-state index is 12.1. The summed E-state index contributed by atoms with van der Waals surface area (Å²) in [7, 11) is 1.84. The van der Waals surface area contributed by atoms with Crippen LogP contribution in [0.1, 0.15) is 45.7 Å². The molecule has 0 aliphatic heterocycles. The predicted octanol–water partition coefficient (Wildman–Crippen LogP) is 3.87. The van der Waals surface area contributed by atoms with Crippen LogP contribution < -0.4 is 10.6 Å². The number of anilines is 1. The van der Waals surface area contributed by atoms with E-state index in [9.17, 15) is 4.79 Å². The van der Waals surface area contributed by atoms with Crippen molar-refractivity contribution in [3.05, 3.63) is 29.8 Å². The lowest BCUT2D eigenvalue weighted by molar-refractivity contribution is 0.215. The van der Waals surface area contributed by atoms with E-state index in [1.54, 1.807) is 4.90 Å². The third-order valence-corrected chi connectivity index (χ3v) is 3.80. The van der Waals surface area contributed by atoms with Gasteiger partial charge in [0.1, 0.15) is 0 Å². The Morgan fingerprint density at radius 3 is 2.33 bits per heavy atom. The minimum atomic E-state index is -0.0530. The van der Waals surface area contributed by atoms with E-state index in [-0.39, 0.29) is 6.03 Å². The van der Waals surface area contributed by atoms with Crippen LogP contribution in [0, 0.1) is 5.92 Å². The average Bonchev–Trinajstić information content (AvgIpc) is 2.47. The number of urea groups is 1. The van der Waals surface area contributed by atoms with Crippen molar-refractivity contribution < 1.29 is 4.79 Å². The fourth-order valence-corrected chi connectivity index (χ4v) is 2.18. The second-order valence-corrected chi connectivity index (χ2v) is 5.73. The van der Waals surface area contributed by atoms with Crippen molar-refractivity contribution >= 4 is 11.7 Å². The number of carbonyl (C=O) groups excluding carboxylic acids is 1. The fourth-order valence-electron chi connectivity index (χ4n) is 2.18. The van der Waals surface area contributed by atoms with Crippen molar-refractivity contribution in [3.63, 3.8) is 0 Å². The first kappa shape index (κ1) is 17.5. The van der Waals surface area contributed by atoms with E-state index in [1.165, 1.54) is 5.56 Å². The summed E-state index contributed by atoms with van der Waals surface area (Å²) in [5, 5.41) is 6.31. The predicted molar refractivity (Wildman–Crippen MR) is 89.6 cm³/mol. The van der Waals surface area contributed by atoms with Crippen molar-refractivity contribution in [1.29, 1.82) is 0 Å². The molecule has 1 aromatic rings. The van der Waals surface area contributed by atoms with E-state index in [1.807, 2.05) is 19.2 Å². The first-order valence-electron chi connectivity index (χ1n) is 7.83. The van der Waals surface area contributed by atoms with E-state index in [4.69, 9.17) is 0 Å². The van der Waals surface area contributed by atoms with Crippen molar-refractivity contribution in [1.82, 2.24) is 10.2 Å². The normalized spacial score (nSPS) is 13.6. The minimum Gasteiger partial charge on any atom is -0.327 e. The summed E-state index contributed by atoms with van der Waals surface area (Å²) in [5.41, 5.74) is 2.06. The molecule has 4 heteroatoms. The van der Waals surface area contributed by atoms with Crippen LogP contribution in [0.4, 0.5) is 10.5 Å². The number of nitrogens with zero attached hydrogens (tertiary/aromatic N) is 1. The summed E-state index contributed by atoms with van der Waals surface area (Å²) in [5.74, 6) is 0.518. The van der Waals surface area contributed by atoms with Gasteiger partial charge < -0.3 is 15.5 Å². The second-order valence-electron chi connectivity index (χ2n) is 5.73. The van der Waals surface area contributed by atoms with Gasteiger partial charge in [-0.15, -0.1) is 0 Å². The molecule has 0 saturated carbocycles. The smallest absolute Gasteiger partial charge is 0.321 e. The lowest BCUT2D eigenvalue weighted by Crippen LogP contribution is -2.34. The molecule has 2 amide bonds. The summed E-state index contributed by atoms with van der Waals surface area (Å²) >= 11 is 0. The van der Waals surface area contributed by atoms with Gasteiger partial charge >= 0.3 is 6.03 Å². The van der Waals surface area contributed by atoms with E-state index >= 15 is 0 Å². The monoisotopic (exact) mass is 291 g/mol. The Labute approximate surface area is 128 Å². The molecule has 0 bridgehead atoms. The van der Waals surface area contributed by atoms with E-state index in [0.717, 1.165) is 25.2 Å². The molecule has 2 N–H and O–H groups in total. The summed E-state index contributed by atoms with van der Waals surface area (Å²) in [6, 6.07) is 8.29. The first-order chi connectivity index (χ1) is 9.97. The largest absolute Gasteiger partial charge is 0.327 e. The molecule has 0 heterocycles. The fraction of sp³-hybridized carbons (Fsp3) is 0.588. The van der Waals surface area contributed by atoms with Gasteiger partial charge in [0.2, 0.25) is 0 Å². The maximum absolute atomic E-state index is 12.1. The van der Waals surface area contributed by atoms with Gasteiger partial charge in [-0.1, -0.05) is 39.3 Å². The van der Waals surface area contributed by atoms with Crippen LogP contribution in [0.25, 0.3) is 0 Å². The van der Waals surface area contributed by atoms with Gasteiger partial charge in [0, 0.05) is 25.3 Å². The Morgan fingerprint density at radius 2 is 1.81 bits per heavy atom. The summed E-state index contributed by atoms with van der Waals surface area (Å²) < 4.78 is 0. The number of carbonyl (C=O) groups is 1. The SMILES string of the molecule is CCNC(C)c1ccc(NC(=O)N(C)CC(C)CC)cc1. The van der Waals surface area contributed by atoms with Gasteiger partial charge in [0.25, 0.3) is 0 Å². The summed E-state index contributed by atoms with van der Waals surface area (Å²) in [6.07, 6.45) is 1.08. The van der Waals surface area contributed by atoms with Crippen LogP contribution in [0.2, 0.25) is 0 Å². The number of hydrogen-bond acceptors (Lipinski definition) is 2. The van der Waals surface area contributed by atoms with Crippen LogP contribution in [-0.2, 0) is 0 Å². The molecular formula is C17H29N3O. The van der Waals surface area contributed by atoms with Crippen LogP contribution in [-0.4, -0.2) is 31.1 Å². The average molecular weight is 291 g/mol. The number of amides is 2. The topological polar surface area (TPSA) is 44.4 Å². The summed E-state index contributed by atoms with van der Waals surface area (Å²) in [4.78, 5) is 13.8. The molecule has 2 atom stereocenters. The van der Waals surface area contributed by atoms with Gasteiger partial charge in [-0.2, -0.15) is 0 Å². The molecule has 0 spiro atoms. The molecule has 0 aliphatic rings. The van der Waals surface area contributed by atoms with Crippen LogP contribution in [0.3, 0.4) is 0 Å². The van der Waals surface area contributed by atoms with Crippen molar-refractivity contribution in [2.24, 2.45) is 5.92 Å². The standard InChI is InChI=1S/C17H29N3O/c1-6-13(3)12-20(5)17(21)19-16-10-8-15(9-11-16)14(4)18-7-2/h8-11,13-14,18H,6-7,12H2,1-5H3,(H,19,21). The molecule has 21 heavy (non-hydrogen) atoms. The Morgan fingerprint density at radius 1 is 1.19 bits per heavy atom. The second kappa shape index (κ2) is 8.67. The zero-order valence-electron chi connectivity index (χ0n) is 13.9. The molecule has 1 rings (SSSR count). The molecule has 1 aromatic carbocycles. The molecule has 0 radical (unpaired) electrons. The first-order valence-corrected chi connectivity index (χ1v) is 7.83. The van der Waals surface area contributed by atoms with Gasteiger partial charge in [-0.3, -0.25) is 0 Å². The third-order valence-electron chi connectivity index (χ3n) is 3.80. The van der Waals surface area contributed by atoms with E-state index in [0.29, 0.717) is 12.0 Å². The zero-order chi connectivity index (χ0) is 15.8. The number of hydrogen-bond donors (Lipinski definition) is 2. The lowest BCUT2D eigenvalue weighted by atomic mass is 10.1. The Hall–Kier alpha value is -1.55. The molecule has 0 saturated heterocycles. The van der Waals surface area contributed by atoms with E-state index in [2.05, 4.69) is 50.5 Å². The Balaban J connectivity index is 2.57. The van der Waals surface area contributed by atoms with Crippen LogP contribution in [0.15, 0.2) is 24.3 Å². The lowest BCUT2D eigenvalue weighted by Gasteiger charge is -2.21. The van der Waals surface area contributed by atoms with Crippen LogP contribution in [0.5, 0.6) is 0 Å². The highest BCUT2D eigenvalue weighted by Gasteiger charge is 2.11. The number of nitrogens with one attached hydrogen (secondary N) is 2. The third kappa shape index (κ3) is 5.76. The Bertz CT molecular complexity index is 430. The van der Waals surface area contributed by atoms with Crippen molar-refractivity contribution in [3.8, 4) is 0 Å². The van der Waals surface area contributed by atoms with Gasteiger partial charge in [0.15, 0.2) is 0 Å². The molecule has 4 nitrogen and oxygen atoms in total. The molecule has 118 valence electrons. The zero-order valence-corrected chi connectivity index (χ0v) is 13.9. The van der Waals surface area contributed by atoms with Crippen LogP contribution >= 0.6 is 0 Å².